The van der Waals surface area contributed by atoms with Gasteiger partial charge in [0.15, 0.2) is 5.41 Å². The third kappa shape index (κ3) is 2.63. The Hall–Kier alpha value is -1.81. The number of fused-ring (bicyclic) bond motifs is 2. The minimum atomic E-state index is -1.12. The normalized spacial score (nSPS) is 30.4. The van der Waals surface area contributed by atoms with Crippen molar-refractivity contribution in [3.63, 3.8) is 0 Å². The van der Waals surface area contributed by atoms with Gasteiger partial charge in [-0.2, -0.15) is 0 Å². The standard InChI is InChI=1S/C17H17ClO4/c1-21-15(19)17-9-12(8-14(10-17)22-16(17)20)3-2-11-4-6-13(18)7-5-11/h2-7,12,14H,8-10H2,1H3/b3-2+/t12-,14-,17+/m0/s1. The van der Waals surface area contributed by atoms with Crippen molar-refractivity contribution in [2.75, 3.05) is 7.11 Å². The summed E-state index contributed by atoms with van der Waals surface area (Å²) < 4.78 is 10.1. The Labute approximate surface area is 134 Å². The summed E-state index contributed by atoms with van der Waals surface area (Å²) in [5, 5.41) is 0.691. The first-order chi connectivity index (χ1) is 10.5. The summed E-state index contributed by atoms with van der Waals surface area (Å²) in [6.45, 7) is 0. The van der Waals surface area contributed by atoms with Gasteiger partial charge in [-0.3, -0.25) is 9.59 Å². The van der Waals surface area contributed by atoms with E-state index in [2.05, 4.69) is 0 Å². The van der Waals surface area contributed by atoms with Gasteiger partial charge in [-0.1, -0.05) is 35.9 Å². The average molecular weight is 321 g/mol. The fourth-order valence-electron chi connectivity index (χ4n) is 3.36. The van der Waals surface area contributed by atoms with Crippen LogP contribution in [0.4, 0.5) is 0 Å². The molecule has 116 valence electrons. The van der Waals surface area contributed by atoms with Crippen LogP contribution in [-0.4, -0.2) is 25.2 Å². The minimum Gasteiger partial charge on any atom is -0.468 e. The number of hydrogen-bond donors (Lipinski definition) is 0. The molecule has 0 N–H and O–H groups in total. The molecule has 0 spiro atoms. The first-order valence-electron chi connectivity index (χ1n) is 7.27. The van der Waals surface area contributed by atoms with Crippen molar-refractivity contribution in [2.45, 2.75) is 25.4 Å². The zero-order valence-corrected chi connectivity index (χ0v) is 13.0. The maximum Gasteiger partial charge on any atom is 0.323 e. The molecule has 1 heterocycles. The number of methoxy groups -OCH3 is 1. The van der Waals surface area contributed by atoms with Crippen molar-refractivity contribution in [1.82, 2.24) is 0 Å². The number of carbonyl (C=O) groups excluding carboxylic acids is 2. The van der Waals surface area contributed by atoms with Gasteiger partial charge in [-0.25, -0.2) is 0 Å². The summed E-state index contributed by atoms with van der Waals surface area (Å²) in [7, 11) is 1.31. The van der Waals surface area contributed by atoms with Crippen molar-refractivity contribution >= 4 is 29.6 Å². The molecule has 22 heavy (non-hydrogen) atoms. The van der Waals surface area contributed by atoms with Crippen molar-refractivity contribution in [3.8, 4) is 0 Å². The smallest absolute Gasteiger partial charge is 0.323 e. The number of allylic oxidation sites excluding steroid dienone is 1. The highest BCUT2D eigenvalue weighted by Gasteiger charge is 2.59. The highest BCUT2D eigenvalue weighted by molar-refractivity contribution is 6.30. The Morgan fingerprint density at radius 2 is 2.09 bits per heavy atom. The third-order valence-corrected chi connectivity index (χ3v) is 4.68. The van der Waals surface area contributed by atoms with Crippen LogP contribution >= 0.6 is 11.6 Å². The maximum atomic E-state index is 12.1. The van der Waals surface area contributed by atoms with Crippen molar-refractivity contribution < 1.29 is 19.1 Å². The van der Waals surface area contributed by atoms with E-state index in [4.69, 9.17) is 21.1 Å². The van der Waals surface area contributed by atoms with Crippen molar-refractivity contribution in [1.29, 1.82) is 0 Å². The van der Waals surface area contributed by atoms with Crippen LogP contribution in [0.2, 0.25) is 5.02 Å². The fraction of sp³-hybridized carbons (Fsp3) is 0.412. The number of hydrogen-bond acceptors (Lipinski definition) is 4. The maximum absolute atomic E-state index is 12.1. The molecule has 1 aliphatic carbocycles. The lowest BCUT2D eigenvalue weighted by Gasteiger charge is -2.29. The van der Waals surface area contributed by atoms with E-state index in [0.29, 0.717) is 17.9 Å². The molecule has 1 aliphatic heterocycles. The van der Waals surface area contributed by atoms with E-state index in [1.165, 1.54) is 7.11 Å². The van der Waals surface area contributed by atoms with E-state index < -0.39 is 17.4 Å². The molecule has 4 nitrogen and oxygen atoms in total. The molecule has 2 bridgehead atoms. The Kier molecular flexibility index (Phi) is 3.96. The van der Waals surface area contributed by atoms with Crippen LogP contribution in [0.15, 0.2) is 30.3 Å². The molecule has 2 aliphatic rings. The van der Waals surface area contributed by atoms with E-state index >= 15 is 0 Å². The summed E-state index contributed by atoms with van der Waals surface area (Å²) in [5.74, 6) is -0.809. The van der Waals surface area contributed by atoms with Gasteiger partial charge in [0, 0.05) is 11.4 Å². The molecule has 3 rings (SSSR count). The second-order valence-electron chi connectivity index (χ2n) is 5.92. The molecule has 0 unspecified atom stereocenters. The lowest BCUT2D eigenvalue weighted by molar-refractivity contribution is -0.163. The van der Waals surface area contributed by atoms with Crippen LogP contribution in [-0.2, 0) is 19.1 Å². The number of benzene rings is 1. The Morgan fingerprint density at radius 1 is 1.36 bits per heavy atom. The van der Waals surface area contributed by atoms with Gasteiger partial charge in [-0.05, 0) is 36.5 Å². The van der Waals surface area contributed by atoms with Gasteiger partial charge in [0.2, 0.25) is 0 Å². The van der Waals surface area contributed by atoms with Gasteiger partial charge in [0.1, 0.15) is 6.10 Å². The molecule has 5 heteroatoms. The quantitative estimate of drug-likeness (QED) is 0.634. The van der Waals surface area contributed by atoms with Crippen molar-refractivity contribution in [3.05, 3.63) is 40.9 Å². The molecular weight excluding hydrogens is 304 g/mol. The first-order valence-corrected chi connectivity index (χ1v) is 7.64. The van der Waals surface area contributed by atoms with Crippen molar-refractivity contribution in [2.24, 2.45) is 11.3 Å². The fourth-order valence-corrected chi connectivity index (χ4v) is 3.48. The Bertz CT molecular complexity index is 612. The van der Waals surface area contributed by atoms with Gasteiger partial charge < -0.3 is 9.47 Å². The van der Waals surface area contributed by atoms with Gasteiger partial charge in [0.05, 0.1) is 7.11 Å². The second-order valence-corrected chi connectivity index (χ2v) is 6.35. The minimum absolute atomic E-state index is 0.111. The van der Waals surface area contributed by atoms with Crippen LogP contribution in [0.1, 0.15) is 24.8 Å². The molecule has 1 aromatic rings. The monoisotopic (exact) mass is 320 g/mol. The van der Waals surface area contributed by atoms with Crippen LogP contribution in [0, 0.1) is 11.3 Å². The van der Waals surface area contributed by atoms with Crippen LogP contribution in [0.5, 0.6) is 0 Å². The predicted octanol–water partition coefficient (Wildman–Crippen LogP) is 3.24. The Morgan fingerprint density at radius 3 is 2.77 bits per heavy atom. The largest absolute Gasteiger partial charge is 0.468 e. The average Bonchev–Trinajstić information content (AvgIpc) is 2.76. The SMILES string of the molecule is COC(=O)[C@@]12C[C@@H](/C=C/c3ccc(Cl)cc3)C[C@@H](C1)OC2=O. The summed E-state index contributed by atoms with van der Waals surface area (Å²) in [6.07, 6.45) is 5.45. The third-order valence-electron chi connectivity index (χ3n) is 4.42. The lowest BCUT2D eigenvalue weighted by atomic mass is 9.70. The molecule has 0 radical (unpaired) electrons. The predicted molar refractivity (Wildman–Crippen MR) is 82.2 cm³/mol. The number of carbonyl (C=O) groups is 2. The molecule has 1 saturated carbocycles. The van der Waals surface area contributed by atoms with Gasteiger partial charge in [-0.15, -0.1) is 0 Å². The number of rotatable bonds is 3. The van der Waals surface area contributed by atoms with E-state index in [1.807, 2.05) is 36.4 Å². The molecule has 0 aromatic heterocycles. The number of esters is 2. The van der Waals surface area contributed by atoms with E-state index in [9.17, 15) is 9.59 Å². The lowest BCUT2D eigenvalue weighted by Crippen LogP contribution is -2.40. The van der Waals surface area contributed by atoms with E-state index in [1.54, 1.807) is 0 Å². The topological polar surface area (TPSA) is 52.6 Å². The Balaban J connectivity index is 1.78. The summed E-state index contributed by atoms with van der Waals surface area (Å²) in [4.78, 5) is 24.1. The van der Waals surface area contributed by atoms with Crippen LogP contribution in [0.3, 0.4) is 0 Å². The van der Waals surface area contributed by atoms with Crippen LogP contribution < -0.4 is 0 Å². The molecule has 2 fully saturated rings. The number of halogens is 1. The zero-order chi connectivity index (χ0) is 15.7. The summed E-state index contributed by atoms with van der Waals surface area (Å²) in [5.41, 5.74) is -0.0890. The summed E-state index contributed by atoms with van der Waals surface area (Å²) >= 11 is 5.86. The highest BCUT2D eigenvalue weighted by Crippen LogP contribution is 2.48. The molecule has 0 amide bonds. The molecule has 1 aromatic carbocycles. The summed E-state index contributed by atoms with van der Waals surface area (Å²) in [6, 6.07) is 7.50. The second kappa shape index (κ2) is 5.76. The molecular formula is C17H17ClO4. The van der Waals surface area contributed by atoms with E-state index in [0.717, 1.165) is 12.0 Å². The first kappa shape index (κ1) is 15.1. The van der Waals surface area contributed by atoms with Crippen LogP contribution in [0.25, 0.3) is 6.08 Å². The highest BCUT2D eigenvalue weighted by atomic mass is 35.5. The zero-order valence-electron chi connectivity index (χ0n) is 12.3. The molecule has 1 saturated heterocycles. The molecule has 3 atom stereocenters. The van der Waals surface area contributed by atoms with Gasteiger partial charge in [0.25, 0.3) is 0 Å². The van der Waals surface area contributed by atoms with Gasteiger partial charge >= 0.3 is 11.9 Å². The number of ether oxygens (including phenoxy) is 2. The van der Waals surface area contributed by atoms with E-state index in [-0.39, 0.29) is 12.0 Å².